The van der Waals surface area contributed by atoms with E-state index < -0.39 is 57.7 Å². The van der Waals surface area contributed by atoms with Crippen molar-refractivity contribution in [3.63, 3.8) is 0 Å². The summed E-state index contributed by atoms with van der Waals surface area (Å²) in [6, 6.07) is -0.233. The van der Waals surface area contributed by atoms with Gasteiger partial charge in [-0.15, -0.1) is 23.1 Å². The number of carbonyl (C=O) groups excluding carboxylic acids is 2. The Labute approximate surface area is 238 Å². The van der Waals surface area contributed by atoms with Crippen LogP contribution < -0.4 is 16.5 Å². The van der Waals surface area contributed by atoms with Crippen LogP contribution >= 0.6 is 23.1 Å². The molecule has 1 fully saturated rings. The van der Waals surface area contributed by atoms with E-state index in [1.165, 1.54) is 31.4 Å². The molecule has 2 aliphatic heterocycles. The van der Waals surface area contributed by atoms with Crippen LogP contribution in [0.15, 0.2) is 44.9 Å². The van der Waals surface area contributed by atoms with Crippen LogP contribution in [0.2, 0.25) is 0 Å². The third-order valence-corrected chi connectivity index (χ3v) is 7.82. The Morgan fingerprint density at radius 1 is 1.27 bits per heavy atom. The molecule has 2 aliphatic rings. The van der Waals surface area contributed by atoms with E-state index in [-0.39, 0.29) is 33.5 Å². The number of allylic oxidation sites excluding steroid dienone is 1. The van der Waals surface area contributed by atoms with Crippen LogP contribution in [0.1, 0.15) is 25.2 Å². The first-order valence-electron chi connectivity index (χ1n) is 11.5. The van der Waals surface area contributed by atoms with Gasteiger partial charge in [-0.25, -0.2) is 14.6 Å². The number of nitrogens with zero attached hydrogens (tertiary/aromatic N) is 4. The van der Waals surface area contributed by atoms with Crippen LogP contribution in [0.4, 0.5) is 5.13 Å². The zero-order chi connectivity index (χ0) is 30.2. The summed E-state index contributed by atoms with van der Waals surface area (Å²) in [7, 11) is 0. The highest BCUT2D eigenvalue weighted by Gasteiger charge is 2.54. The number of amides is 2. The SMILES string of the molecule is CC(C)(O/N=C(/C(=O)NC1C(=O)N2C(C(=O)O)=C(/C=C/c3cc(=O)c(O)cn3O)CSC12)c1csc(N)n1)C(=O)O. The topological polar surface area (TPSA) is 247 Å². The van der Waals surface area contributed by atoms with Gasteiger partial charge in [-0.1, -0.05) is 11.2 Å². The van der Waals surface area contributed by atoms with E-state index in [2.05, 4.69) is 15.5 Å². The van der Waals surface area contributed by atoms with Crippen molar-refractivity contribution in [1.82, 2.24) is 19.9 Å². The van der Waals surface area contributed by atoms with E-state index in [4.69, 9.17) is 10.6 Å². The molecule has 4 heterocycles. The third kappa shape index (κ3) is 5.73. The summed E-state index contributed by atoms with van der Waals surface area (Å²) in [6.45, 7) is 2.42. The number of fused-ring (bicyclic) bond motifs is 1. The molecule has 2 aromatic heterocycles. The average molecular weight is 607 g/mol. The summed E-state index contributed by atoms with van der Waals surface area (Å²) >= 11 is 2.12. The fraction of sp³-hybridized carbons (Fsp3) is 0.261. The molecule has 0 aromatic carbocycles. The van der Waals surface area contributed by atoms with Crippen LogP contribution in [0.5, 0.6) is 5.75 Å². The highest BCUT2D eigenvalue weighted by molar-refractivity contribution is 8.00. The number of thiazole rings is 1. The summed E-state index contributed by atoms with van der Waals surface area (Å²) in [4.78, 5) is 71.4. The first kappa shape index (κ1) is 29.2. The molecule has 2 amide bonds. The number of carboxylic acids is 2. The summed E-state index contributed by atoms with van der Waals surface area (Å²) < 4.78 is 0.476. The van der Waals surface area contributed by atoms with E-state index in [0.717, 1.165) is 40.3 Å². The van der Waals surface area contributed by atoms with Gasteiger partial charge < -0.3 is 36.4 Å². The number of carbonyl (C=O) groups is 4. The lowest BCUT2D eigenvalue weighted by Gasteiger charge is -2.49. The number of aliphatic carboxylic acids is 2. The Bertz CT molecular complexity index is 1610. The molecule has 0 bridgehead atoms. The molecule has 2 atom stereocenters. The van der Waals surface area contributed by atoms with Crippen molar-refractivity contribution in [2.75, 3.05) is 11.5 Å². The summed E-state index contributed by atoms with van der Waals surface area (Å²) in [5.74, 6) is -5.07. The smallest absolute Gasteiger partial charge is 0.352 e. The predicted molar refractivity (Wildman–Crippen MR) is 144 cm³/mol. The van der Waals surface area contributed by atoms with E-state index in [1.54, 1.807) is 0 Å². The van der Waals surface area contributed by atoms with Gasteiger partial charge in [0.15, 0.2) is 16.6 Å². The lowest BCUT2D eigenvalue weighted by atomic mass is 10.0. The average Bonchev–Trinajstić information content (AvgIpc) is 3.33. The van der Waals surface area contributed by atoms with Crippen molar-refractivity contribution < 1.29 is 44.5 Å². The van der Waals surface area contributed by atoms with Gasteiger partial charge >= 0.3 is 11.9 Å². The Balaban J connectivity index is 1.57. The van der Waals surface area contributed by atoms with Gasteiger partial charge in [0.2, 0.25) is 11.0 Å². The minimum absolute atomic E-state index is 0.0266. The standard InChI is InChI=1S/C23H22N6O10S2/c1-23(2,21(36)37)39-27-14(11-8-41-22(24)25-11)17(32)26-15-18(33)29-16(20(34)35)9(7-40-19(15)29)3-4-10-5-12(30)13(31)6-28(10)38/h3-6,8,15,19,31,38H,7H2,1-2H3,(H2,24,25)(H,26,32)(H,34,35)(H,36,37)/b4-3+,27-14+. The molecule has 4 rings (SSSR count). The summed E-state index contributed by atoms with van der Waals surface area (Å²) in [5, 5.41) is 45.3. The number of oxime groups is 1. The Kier molecular flexibility index (Phi) is 7.80. The number of aromatic nitrogens is 2. The van der Waals surface area contributed by atoms with Crippen LogP contribution in [0.25, 0.3) is 6.08 Å². The maximum atomic E-state index is 13.2. The number of nitrogen functional groups attached to an aromatic ring is 1. The summed E-state index contributed by atoms with van der Waals surface area (Å²) in [5.41, 5.74) is 2.38. The highest BCUT2D eigenvalue weighted by Crippen LogP contribution is 2.40. The number of β-lactam (4-membered cyclic amide) rings is 1. The molecule has 1 saturated heterocycles. The van der Waals surface area contributed by atoms with Gasteiger partial charge in [-0.3, -0.25) is 19.3 Å². The lowest BCUT2D eigenvalue weighted by molar-refractivity contribution is -0.161. The molecule has 0 radical (unpaired) electrons. The van der Waals surface area contributed by atoms with Gasteiger partial charge in [-0.05, 0) is 25.5 Å². The number of carboxylic acid groups (broad SMARTS) is 2. The maximum Gasteiger partial charge on any atom is 0.352 e. The number of thioether (sulfide) groups is 1. The van der Waals surface area contributed by atoms with Crippen molar-refractivity contribution in [2.24, 2.45) is 5.16 Å². The second kappa shape index (κ2) is 11.0. The predicted octanol–water partition coefficient (Wildman–Crippen LogP) is -0.134. The molecule has 41 heavy (non-hydrogen) atoms. The molecular formula is C23H22N6O10S2. The van der Waals surface area contributed by atoms with Crippen LogP contribution in [0.3, 0.4) is 0 Å². The first-order chi connectivity index (χ1) is 19.2. The molecule has 0 saturated carbocycles. The van der Waals surface area contributed by atoms with Crippen LogP contribution in [0, 0.1) is 0 Å². The highest BCUT2D eigenvalue weighted by atomic mass is 32.2. The number of anilines is 1. The molecule has 16 nitrogen and oxygen atoms in total. The normalized spacial score (nSPS) is 19.1. The van der Waals surface area contributed by atoms with E-state index in [0.29, 0.717) is 4.73 Å². The fourth-order valence-corrected chi connectivity index (χ4v) is 5.49. The van der Waals surface area contributed by atoms with Crippen molar-refractivity contribution in [1.29, 1.82) is 0 Å². The zero-order valence-electron chi connectivity index (χ0n) is 21.2. The van der Waals surface area contributed by atoms with Crippen molar-refractivity contribution in [3.8, 4) is 5.75 Å². The van der Waals surface area contributed by atoms with Crippen LogP contribution in [-0.2, 0) is 24.0 Å². The number of aromatic hydroxyl groups is 1. The second-order valence-electron chi connectivity index (χ2n) is 9.08. The molecule has 0 spiro atoms. The number of rotatable bonds is 9. The zero-order valence-corrected chi connectivity index (χ0v) is 22.8. The minimum atomic E-state index is -1.80. The van der Waals surface area contributed by atoms with Crippen LogP contribution in [-0.4, -0.2) is 87.4 Å². The van der Waals surface area contributed by atoms with E-state index in [1.807, 2.05) is 0 Å². The molecule has 7 N–H and O–H groups in total. The van der Waals surface area contributed by atoms with E-state index in [9.17, 15) is 44.5 Å². The largest absolute Gasteiger partial charge is 0.503 e. The maximum absolute atomic E-state index is 13.2. The van der Waals surface area contributed by atoms with Crippen molar-refractivity contribution in [3.05, 3.63) is 56.6 Å². The molecule has 216 valence electrons. The van der Waals surface area contributed by atoms with Gasteiger partial charge in [0, 0.05) is 17.2 Å². The first-order valence-corrected chi connectivity index (χ1v) is 13.4. The van der Waals surface area contributed by atoms with Crippen molar-refractivity contribution >= 4 is 63.8 Å². The van der Waals surface area contributed by atoms with Gasteiger partial charge in [0.05, 0.1) is 11.9 Å². The van der Waals surface area contributed by atoms with E-state index >= 15 is 0 Å². The summed E-state index contributed by atoms with van der Waals surface area (Å²) in [6.07, 6.45) is 3.32. The Morgan fingerprint density at radius 2 is 1.98 bits per heavy atom. The molecular weight excluding hydrogens is 584 g/mol. The number of nitrogens with two attached hydrogens (primary N) is 1. The fourth-order valence-electron chi connectivity index (χ4n) is 3.62. The monoisotopic (exact) mass is 606 g/mol. The number of hydrogen-bond acceptors (Lipinski definition) is 13. The molecule has 2 aromatic rings. The molecule has 2 unspecified atom stereocenters. The number of pyridine rings is 1. The molecule has 0 aliphatic carbocycles. The minimum Gasteiger partial charge on any atom is -0.503 e. The number of nitrogens with one attached hydrogen (secondary N) is 1. The van der Waals surface area contributed by atoms with Gasteiger partial charge in [-0.2, -0.15) is 4.73 Å². The Hall–Kier alpha value is -4.84. The quantitative estimate of drug-likeness (QED) is 0.0943. The van der Waals surface area contributed by atoms with Gasteiger partial charge in [0.1, 0.15) is 22.8 Å². The molecule has 18 heteroatoms. The second-order valence-corrected chi connectivity index (χ2v) is 11.1. The lowest BCUT2D eigenvalue weighted by Crippen LogP contribution is -2.71. The third-order valence-electron chi connectivity index (χ3n) is 5.84. The van der Waals surface area contributed by atoms with Gasteiger partial charge in [0.25, 0.3) is 11.8 Å². The Morgan fingerprint density at radius 3 is 2.59 bits per heavy atom. The van der Waals surface area contributed by atoms with Crippen molar-refractivity contribution in [2.45, 2.75) is 30.9 Å². The number of hydrogen-bond donors (Lipinski definition) is 6.